The van der Waals surface area contributed by atoms with Crippen LogP contribution in [0.1, 0.15) is 39.8 Å². The number of fused-ring (bicyclic) bond motifs is 3. The maximum atomic E-state index is 12.5. The predicted octanol–water partition coefficient (Wildman–Crippen LogP) is 3.87. The van der Waals surface area contributed by atoms with Gasteiger partial charge in [0, 0.05) is 17.1 Å². The molecule has 10 heteroatoms. The molecule has 1 aromatic carbocycles. The number of nitrogens with zero attached hydrogens (tertiary/aromatic N) is 2. The van der Waals surface area contributed by atoms with Gasteiger partial charge in [-0.15, -0.1) is 22.7 Å². The zero-order valence-electron chi connectivity index (χ0n) is 16.4. The van der Waals surface area contributed by atoms with Gasteiger partial charge in [-0.05, 0) is 30.7 Å². The fourth-order valence-corrected chi connectivity index (χ4v) is 4.56. The third-order valence-corrected chi connectivity index (χ3v) is 6.21. The van der Waals surface area contributed by atoms with Crippen molar-refractivity contribution in [2.75, 3.05) is 13.7 Å². The molecule has 3 heterocycles. The molecule has 0 bridgehead atoms. The molecule has 2 N–H and O–H groups in total. The van der Waals surface area contributed by atoms with E-state index in [-0.39, 0.29) is 0 Å². The number of hydrogen-bond acceptors (Lipinski definition) is 7. The lowest BCUT2D eigenvalue weighted by atomic mass is 10.2. The highest BCUT2D eigenvalue weighted by Crippen LogP contribution is 2.29. The average Bonchev–Trinajstić information content (AvgIpc) is 3.44. The van der Waals surface area contributed by atoms with E-state index in [1.165, 1.54) is 29.8 Å². The third-order valence-electron chi connectivity index (χ3n) is 4.43. The van der Waals surface area contributed by atoms with Gasteiger partial charge in [-0.25, -0.2) is 4.98 Å². The molecule has 4 rings (SSSR count). The van der Waals surface area contributed by atoms with Gasteiger partial charge in [0.05, 0.1) is 24.1 Å². The molecule has 2 amide bonds. The molecule has 0 aliphatic carbocycles. The van der Waals surface area contributed by atoms with E-state index in [9.17, 15) is 9.59 Å². The van der Waals surface area contributed by atoms with Crippen molar-refractivity contribution >= 4 is 49.8 Å². The van der Waals surface area contributed by atoms with Crippen LogP contribution in [-0.2, 0) is 0 Å². The number of ether oxygens (including phenoxy) is 2. The molecule has 8 nitrogen and oxygen atoms in total. The third kappa shape index (κ3) is 3.96. The largest absolute Gasteiger partial charge is 0.493 e. The molecule has 156 valence electrons. The summed E-state index contributed by atoms with van der Waals surface area (Å²) < 4.78 is 12.9. The van der Waals surface area contributed by atoms with E-state index in [0.29, 0.717) is 28.5 Å². The Balaban J connectivity index is 1.41. The molecule has 0 aliphatic heterocycles. The highest BCUT2D eigenvalue weighted by Gasteiger charge is 2.17. The SMILES string of the molecule is CCCCOc1ccc(C(=O)NNC(=O)c2cc3c(nc4sccn43)s2)cc1OC. The van der Waals surface area contributed by atoms with Gasteiger partial charge >= 0.3 is 0 Å². The van der Waals surface area contributed by atoms with Gasteiger partial charge in [-0.1, -0.05) is 13.3 Å². The highest BCUT2D eigenvalue weighted by molar-refractivity contribution is 7.21. The number of unbranched alkanes of at least 4 members (excludes halogenated alkanes) is 1. The molecule has 0 radical (unpaired) electrons. The fraction of sp³-hybridized carbons (Fsp3) is 0.250. The zero-order chi connectivity index (χ0) is 21.1. The summed E-state index contributed by atoms with van der Waals surface area (Å²) >= 11 is 2.81. The Morgan fingerprint density at radius 2 is 2.00 bits per heavy atom. The van der Waals surface area contributed by atoms with Crippen molar-refractivity contribution in [2.45, 2.75) is 19.8 Å². The van der Waals surface area contributed by atoms with Crippen LogP contribution in [0, 0.1) is 0 Å². The fourth-order valence-electron chi connectivity index (χ4n) is 2.86. The lowest BCUT2D eigenvalue weighted by Gasteiger charge is -2.12. The second-order valence-electron chi connectivity index (χ2n) is 6.44. The number of carbonyl (C=O) groups is 2. The van der Waals surface area contributed by atoms with Gasteiger partial charge in [-0.2, -0.15) is 0 Å². The van der Waals surface area contributed by atoms with E-state index < -0.39 is 11.8 Å². The van der Waals surface area contributed by atoms with Crippen LogP contribution in [0.15, 0.2) is 35.8 Å². The number of nitrogens with one attached hydrogen (secondary N) is 2. The van der Waals surface area contributed by atoms with Crippen molar-refractivity contribution in [3.63, 3.8) is 0 Å². The number of methoxy groups -OCH3 is 1. The Morgan fingerprint density at radius 1 is 1.17 bits per heavy atom. The first-order chi connectivity index (χ1) is 14.6. The maximum absolute atomic E-state index is 12.5. The van der Waals surface area contributed by atoms with Crippen LogP contribution in [0.3, 0.4) is 0 Å². The Labute approximate surface area is 180 Å². The lowest BCUT2D eigenvalue weighted by Crippen LogP contribution is -2.41. The number of carbonyl (C=O) groups excluding carboxylic acids is 2. The van der Waals surface area contributed by atoms with Crippen molar-refractivity contribution in [2.24, 2.45) is 0 Å². The summed E-state index contributed by atoms with van der Waals surface area (Å²) in [5.41, 5.74) is 6.10. The van der Waals surface area contributed by atoms with Crippen LogP contribution in [-0.4, -0.2) is 34.9 Å². The number of hydrogen-bond donors (Lipinski definition) is 2. The van der Waals surface area contributed by atoms with Gasteiger partial charge < -0.3 is 9.47 Å². The topological polar surface area (TPSA) is 94.0 Å². The number of amides is 2. The summed E-state index contributed by atoms with van der Waals surface area (Å²) in [6.45, 7) is 2.66. The molecule has 0 aliphatic rings. The summed E-state index contributed by atoms with van der Waals surface area (Å²) in [7, 11) is 1.52. The van der Waals surface area contributed by atoms with Gasteiger partial charge in [-0.3, -0.25) is 24.8 Å². The quantitative estimate of drug-likeness (QED) is 0.333. The van der Waals surface area contributed by atoms with Crippen LogP contribution in [0.25, 0.3) is 15.3 Å². The van der Waals surface area contributed by atoms with Crippen molar-refractivity contribution in [1.82, 2.24) is 20.2 Å². The van der Waals surface area contributed by atoms with E-state index in [1.807, 2.05) is 16.0 Å². The summed E-state index contributed by atoms with van der Waals surface area (Å²) in [4.78, 5) is 31.5. The number of thiazole rings is 1. The Kier molecular flexibility index (Phi) is 5.86. The lowest BCUT2D eigenvalue weighted by molar-refractivity contribution is 0.0848. The molecule has 0 saturated heterocycles. The monoisotopic (exact) mass is 444 g/mol. The van der Waals surface area contributed by atoms with Crippen LogP contribution in [0.5, 0.6) is 11.5 Å². The van der Waals surface area contributed by atoms with E-state index in [4.69, 9.17) is 9.47 Å². The van der Waals surface area contributed by atoms with Crippen molar-refractivity contribution in [3.8, 4) is 11.5 Å². The number of benzene rings is 1. The Bertz CT molecular complexity index is 1210. The predicted molar refractivity (Wildman–Crippen MR) is 117 cm³/mol. The zero-order valence-corrected chi connectivity index (χ0v) is 18.1. The molecule has 0 spiro atoms. The minimum Gasteiger partial charge on any atom is -0.493 e. The second kappa shape index (κ2) is 8.72. The summed E-state index contributed by atoms with van der Waals surface area (Å²) in [6, 6.07) is 6.65. The second-order valence-corrected chi connectivity index (χ2v) is 8.35. The molecular formula is C20H20N4O4S2. The molecular weight excluding hydrogens is 424 g/mol. The molecule has 3 aromatic heterocycles. The van der Waals surface area contributed by atoms with Gasteiger partial charge in [0.15, 0.2) is 16.5 Å². The first-order valence-corrected chi connectivity index (χ1v) is 11.1. The number of rotatable bonds is 7. The molecule has 0 saturated carbocycles. The van der Waals surface area contributed by atoms with Crippen LogP contribution in [0.2, 0.25) is 0 Å². The van der Waals surface area contributed by atoms with E-state index in [2.05, 4.69) is 22.8 Å². The van der Waals surface area contributed by atoms with Crippen molar-refractivity contribution < 1.29 is 19.1 Å². The highest BCUT2D eigenvalue weighted by atomic mass is 32.1. The van der Waals surface area contributed by atoms with E-state index in [1.54, 1.807) is 24.3 Å². The minimum absolute atomic E-state index is 0.345. The van der Waals surface area contributed by atoms with Crippen LogP contribution in [0.4, 0.5) is 0 Å². The molecule has 0 unspecified atom stereocenters. The van der Waals surface area contributed by atoms with Gasteiger partial charge in [0.1, 0.15) is 4.83 Å². The minimum atomic E-state index is -0.454. The summed E-state index contributed by atoms with van der Waals surface area (Å²) in [5.74, 6) is 0.186. The first-order valence-electron chi connectivity index (χ1n) is 9.37. The Morgan fingerprint density at radius 3 is 2.80 bits per heavy atom. The average molecular weight is 445 g/mol. The molecule has 30 heavy (non-hydrogen) atoms. The summed E-state index contributed by atoms with van der Waals surface area (Å²) in [6.07, 6.45) is 3.87. The molecule has 0 atom stereocenters. The van der Waals surface area contributed by atoms with Crippen molar-refractivity contribution in [3.05, 3.63) is 46.3 Å². The standard InChI is InChI=1S/C20H20N4O4S2/c1-3-4-8-28-14-6-5-12(10-15(14)27-2)17(25)22-23-18(26)16-11-13-19(30-16)21-20-24(13)7-9-29-20/h5-7,9-11H,3-4,8H2,1-2H3,(H,22,25)(H,23,26). The van der Waals surface area contributed by atoms with E-state index >= 15 is 0 Å². The van der Waals surface area contributed by atoms with Crippen LogP contribution >= 0.6 is 22.7 Å². The number of thiophene rings is 1. The Hall–Kier alpha value is -3.11. The smallest absolute Gasteiger partial charge is 0.279 e. The van der Waals surface area contributed by atoms with E-state index in [0.717, 1.165) is 28.1 Å². The first kappa shape index (κ1) is 20.2. The molecule has 0 fully saturated rings. The normalized spacial score (nSPS) is 11.0. The van der Waals surface area contributed by atoms with Crippen LogP contribution < -0.4 is 20.3 Å². The van der Waals surface area contributed by atoms with Crippen molar-refractivity contribution in [1.29, 1.82) is 0 Å². The maximum Gasteiger partial charge on any atom is 0.279 e. The summed E-state index contributed by atoms with van der Waals surface area (Å²) in [5, 5.41) is 1.94. The van der Waals surface area contributed by atoms with Gasteiger partial charge in [0.25, 0.3) is 11.8 Å². The number of hydrazine groups is 1. The number of aromatic nitrogens is 2. The molecule has 4 aromatic rings. The van der Waals surface area contributed by atoms with Gasteiger partial charge in [0.2, 0.25) is 0 Å². The number of imidazole rings is 1.